The normalized spacial score (nSPS) is 15.4. The first-order valence-corrected chi connectivity index (χ1v) is 5.26. The highest BCUT2D eigenvalue weighted by atomic mass is 16.6. The van der Waals surface area contributed by atoms with E-state index in [0.717, 1.165) is 12.8 Å². The number of aliphatic hydroxyl groups is 2. The molecule has 4 nitrogen and oxygen atoms in total. The van der Waals surface area contributed by atoms with Crippen molar-refractivity contribution in [3.05, 3.63) is 0 Å². The van der Waals surface area contributed by atoms with Gasteiger partial charge in [-0.2, -0.15) is 0 Å². The van der Waals surface area contributed by atoms with E-state index in [0.29, 0.717) is 13.0 Å². The molecule has 0 aromatic rings. The summed E-state index contributed by atoms with van der Waals surface area (Å²) < 4.78 is 10.4. The molecule has 0 bridgehead atoms. The van der Waals surface area contributed by atoms with Gasteiger partial charge in [0.05, 0.1) is 13.2 Å². The van der Waals surface area contributed by atoms with Gasteiger partial charge >= 0.3 is 0 Å². The second-order valence-electron chi connectivity index (χ2n) is 3.23. The molecule has 4 heteroatoms. The molecule has 0 amide bonds. The summed E-state index contributed by atoms with van der Waals surface area (Å²) in [6.07, 6.45) is 1.53. The van der Waals surface area contributed by atoms with Crippen LogP contribution >= 0.6 is 0 Å². The van der Waals surface area contributed by atoms with Gasteiger partial charge in [-0.15, -0.1) is 0 Å². The fourth-order valence-electron chi connectivity index (χ4n) is 0.884. The molecule has 2 N–H and O–H groups in total. The Balaban J connectivity index is 3.47. The lowest BCUT2D eigenvalue weighted by atomic mass is 10.3. The Morgan fingerprint density at radius 2 is 1.93 bits per heavy atom. The Morgan fingerprint density at radius 3 is 2.43 bits per heavy atom. The molecule has 0 unspecified atom stereocenters. The van der Waals surface area contributed by atoms with Crippen LogP contribution in [-0.4, -0.2) is 42.4 Å². The van der Waals surface area contributed by atoms with E-state index in [1.54, 1.807) is 0 Å². The molecule has 0 fully saturated rings. The third-order valence-corrected chi connectivity index (χ3v) is 1.88. The molecule has 0 spiro atoms. The summed E-state index contributed by atoms with van der Waals surface area (Å²) in [5, 5.41) is 18.0. The number of ether oxygens (including phenoxy) is 2. The zero-order valence-electron chi connectivity index (χ0n) is 9.11. The van der Waals surface area contributed by atoms with Crippen molar-refractivity contribution in [2.24, 2.45) is 0 Å². The second-order valence-corrected chi connectivity index (χ2v) is 3.23. The van der Waals surface area contributed by atoms with Crippen molar-refractivity contribution >= 4 is 0 Å². The van der Waals surface area contributed by atoms with Crippen LogP contribution in [0.1, 0.15) is 33.1 Å². The summed E-state index contributed by atoms with van der Waals surface area (Å²) in [4.78, 5) is 0. The maximum atomic E-state index is 9.11. The second kappa shape index (κ2) is 9.40. The van der Waals surface area contributed by atoms with Crippen LogP contribution in [0.2, 0.25) is 0 Å². The highest BCUT2D eigenvalue weighted by molar-refractivity contribution is 4.54. The summed E-state index contributed by atoms with van der Waals surface area (Å²) in [5.41, 5.74) is 0. The van der Waals surface area contributed by atoms with E-state index in [1.807, 2.05) is 6.92 Å². The lowest BCUT2D eigenvalue weighted by molar-refractivity contribution is -0.138. The fourth-order valence-corrected chi connectivity index (χ4v) is 0.884. The Hall–Kier alpha value is -0.160. The van der Waals surface area contributed by atoms with Gasteiger partial charge in [0.1, 0.15) is 6.10 Å². The van der Waals surface area contributed by atoms with Crippen LogP contribution in [-0.2, 0) is 9.47 Å². The van der Waals surface area contributed by atoms with Crippen molar-refractivity contribution in [3.8, 4) is 0 Å². The van der Waals surface area contributed by atoms with Crippen LogP contribution in [0.4, 0.5) is 0 Å². The van der Waals surface area contributed by atoms with E-state index in [4.69, 9.17) is 19.7 Å². The molecule has 14 heavy (non-hydrogen) atoms. The predicted octanol–water partition coefficient (Wildman–Crippen LogP) is 0.909. The minimum Gasteiger partial charge on any atom is -0.394 e. The summed E-state index contributed by atoms with van der Waals surface area (Å²) in [6.45, 7) is 4.72. The standard InChI is InChI=1S/C10H22O4/c1-3-5-6-13-9(7-11)8-14-10(12)4-2/h9-12H,3-8H2,1-2H3/t9-,10+/m0/s1. The van der Waals surface area contributed by atoms with Gasteiger partial charge in [-0.05, 0) is 12.8 Å². The van der Waals surface area contributed by atoms with E-state index >= 15 is 0 Å². The third kappa shape index (κ3) is 7.26. The summed E-state index contributed by atoms with van der Waals surface area (Å²) in [6, 6.07) is 0. The van der Waals surface area contributed by atoms with E-state index in [1.165, 1.54) is 0 Å². The molecule has 0 aromatic heterocycles. The lowest BCUT2D eigenvalue weighted by Gasteiger charge is -2.17. The van der Waals surface area contributed by atoms with Gasteiger partial charge in [0.2, 0.25) is 0 Å². The average molecular weight is 206 g/mol. The van der Waals surface area contributed by atoms with Crippen molar-refractivity contribution < 1.29 is 19.7 Å². The predicted molar refractivity (Wildman–Crippen MR) is 54.0 cm³/mol. The SMILES string of the molecule is CCCCO[C@@H](CO)CO[C@@H](O)CC. The number of hydrogen-bond acceptors (Lipinski definition) is 4. The van der Waals surface area contributed by atoms with E-state index in [2.05, 4.69) is 6.92 Å². The van der Waals surface area contributed by atoms with Gasteiger partial charge in [0.15, 0.2) is 6.29 Å². The van der Waals surface area contributed by atoms with Gasteiger partial charge < -0.3 is 19.7 Å². The highest BCUT2D eigenvalue weighted by Gasteiger charge is 2.10. The zero-order chi connectivity index (χ0) is 10.8. The number of hydrogen-bond donors (Lipinski definition) is 2. The first kappa shape index (κ1) is 13.8. The molecule has 86 valence electrons. The molecule has 0 saturated heterocycles. The van der Waals surface area contributed by atoms with Crippen molar-refractivity contribution in [2.75, 3.05) is 19.8 Å². The Bertz CT molecular complexity index is 119. The molecule has 0 saturated carbocycles. The van der Waals surface area contributed by atoms with Gasteiger partial charge in [0, 0.05) is 6.61 Å². The average Bonchev–Trinajstić information content (AvgIpc) is 2.22. The van der Waals surface area contributed by atoms with Gasteiger partial charge in [0.25, 0.3) is 0 Å². The molecule has 0 aliphatic heterocycles. The molecular formula is C10H22O4. The quantitative estimate of drug-likeness (QED) is 0.435. The van der Waals surface area contributed by atoms with Crippen molar-refractivity contribution in [2.45, 2.75) is 45.5 Å². The Morgan fingerprint density at radius 1 is 1.21 bits per heavy atom. The molecule has 0 aromatic carbocycles. The maximum Gasteiger partial charge on any atom is 0.154 e. The smallest absolute Gasteiger partial charge is 0.154 e. The summed E-state index contributed by atoms with van der Waals surface area (Å²) in [5.74, 6) is 0. The number of rotatable bonds is 9. The van der Waals surface area contributed by atoms with Crippen LogP contribution < -0.4 is 0 Å². The molecule has 0 radical (unpaired) electrons. The van der Waals surface area contributed by atoms with E-state index < -0.39 is 6.29 Å². The van der Waals surface area contributed by atoms with Crippen LogP contribution in [0.15, 0.2) is 0 Å². The highest BCUT2D eigenvalue weighted by Crippen LogP contribution is 1.99. The molecule has 0 rings (SSSR count). The fraction of sp³-hybridized carbons (Fsp3) is 1.00. The lowest BCUT2D eigenvalue weighted by Crippen LogP contribution is -2.27. The van der Waals surface area contributed by atoms with Crippen molar-refractivity contribution in [1.29, 1.82) is 0 Å². The molecule has 0 aliphatic rings. The molecule has 0 heterocycles. The Labute approximate surface area is 85.8 Å². The zero-order valence-corrected chi connectivity index (χ0v) is 9.11. The van der Waals surface area contributed by atoms with Crippen LogP contribution in [0.3, 0.4) is 0 Å². The largest absolute Gasteiger partial charge is 0.394 e. The molecular weight excluding hydrogens is 184 g/mol. The summed E-state index contributed by atoms with van der Waals surface area (Å²) >= 11 is 0. The maximum absolute atomic E-state index is 9.11. The van der Waals surface area contributed by atoms with Gasteiger partial charge in [-0.3, -0.25) is 0 Å². The van der Waals surface area contributed by atoms with Crippen molar-refractivity contribution in [3.63, 3.8) is 0 Å². The van der Waals surface area contributed by atoms with Gasteiger partial charge in [-0.1, -0.05) is 20.3 Å². The number of unbranched alkanes of at least 4 members (excludes halogenated alkanes) is 1. The topological polar surface area (TPSA) is 58.9 Å². The first-order chi connectivity index (χ1) is 6.74. The van der Waals surface area contributed by atoms with Crippen LogP contribution in [0.25, 0.3) is 0 Å². The van der Waals surface area contributed by atoms with E-state index in [-0.39, 0.29) is 19.3 Å². The number of aliphatic hydroxyl groups excluding tert-OH is 2. The summed E-state index contributed by atoms with van der Waals surface area (Å²) in [7, 11) is 0. The molecule has 0 aliphatic carbocycles. The minimum absolute atomic E-state index is 0.0693. The van der Waals surface area contributed by atoms with E-state index in [9.17, 15) is 0 Å². The first-order valence-electron chi connectivity index (χ1n) is 5.26. The Kier molecular flexibility index (Phi) is 9.29. The molecule has 2 atom stereocenters. The minimum atomic E-state index is -0.751. The monoisotopic (exact) mass is 206 g/mol. The third-order valence-electron chi connectivity index (χ3n) is 1.88. The van der Waals surface area contributed by atoms with Crippen LogP contribution in [0.5, 0.6) is 0 Å². The van der Waals surface area contributed by atoms with Crippen molar-refractivity contribution in [1.82, 2.24) is 0 Å². The van der Waals surface area contributed by atoms with Crippen LogP contribution in [0, 0.1) is 0 Å². The van der Waals surface area contributed by atoms with Gasteiger partial charge in [-0.25, -0.2) is 0 Å².